The Bertz CT molecular complexity index is 626. The second-order valence-corrected chi connectivity index (χ2v) is 7.64. The molecule has 0 atom stereocenters. The lowest BCUT2D eigenvalue weighted by Crippen LogP contribution is -2.29. The van der Waals surface area contributed by atoms with Gasteiger partial charge < -0.3 is 5.32 Å². The fourth-order valence-electron chi connectivity index (χ4n) is 1.61. The van der Waals surface area contributed by atoms with Crippen molar-refractivity contribution < 1.29 is 17.6 Å². The van der Waals surface area contributed by atoms with E-state index < -0.39 is 20.8 Å². The van der Waals surface area contributed by atoms with Gasteiger partial charge in [0.2, 0.25) is 0 Å². The van der Waals surface area contributed by atoms with Crippen molar-refractivity contribution in [3.63, 3.8) is 0 Å². The van der Waals surface area contributed by atoms with E-state index in [1.54, 1.807) is 0 Å². The van der Waals surface area contributed by atoms with Crippen LogP contribution in [0, 0.1) is 11.2 Å². The zero-order valence-corrected chi connectivity index (χ0v) is 11.8. The van der Waals surface area contributed by atoms with Gasteiger partial charge in [-0.25, -0.2) is 12.8 Å². The van der Waals surface area contributed by atoms with Gasteiger partial charge in [-0.05, 0) is 36.5 Å². The van der Waals surface area contributed by atoms with E-state index >= 15 is 0 Å². The molecule has 19 heavy (non-hydrogen) atoms. The number of nitrogens with one attached hydrogen (secondary N) is 1. The van der Waals surface area contributed by atoms with Gasteiger partial charge in [-0.3, -0.25) is 4.79 Å². The molecule has 0 heterocycles. The molecule has 7 heteroatoms. The van der Waals surface area contributed by atoms with Crippen LogP contribution < -0.4 is 5.32 Å². The summed E-state index contributed by atoms with van der Waals surface area (Å²) in [5.74, 6) is -1.45. The molecule has 1 fully saturated rings. The van der Waals surface area contributed by atoms with Crippen LogP contribution in [-0.2, 0) is 9.05 Å². The molecule has 1 aromatic carbocycles. The monoisotopic (exact) mass is 305 g/mol. The maximum atomic E-state index is 13.7. The molecule has 1 N–H and O–H groups in total. The largest absolute Gasteiger partial charge is 0.351 e. The molecule has 104 valence electrons. The standard InChI is InChI=1S/C12H13ClFNO3S/c1-12(4-5-12)7-15-11(16)9-3-2-8(6-10(9)14)19(13,17)18/h2-3,6H,4-5,7H2,1H3,(H,15,16). The van der Waals surface area contributed by atoms with Gasteiger partial charge >= 0.3 is 0 Å². The Morgan fingerprint density at radius 2 is 2.11 bits per heavy atom. The minimum Gasteiger partial charge on any atom is -0.351 e. The van der Waals surface area contributed by atoms with Gasteiger partial charge in [0, 0.05) is 17.2 Å². The molecule has 0 unspecified atom stereocenters. The van der Waals surface area contributed by atoms with E-state index in [-0.39, 0.29) is 15.9 Å². The van der Waals surface area contributed by atoms with Gasteiger partial charge in [0.1, 0.15) is 5.82 Å². The lowest BCUT2D eigenvalue weighted by Gasteiger charge is -2.10. The highest BCUT2D eigenvalue weighted by molar-refractivity contribution is 8.13. The van der Waals surface area contributed by atoms with Gasteiger partial charge in [0.05, 0.1) is 10.5 Å². The van der Waals surface area contributed by atoms with Crippen LogP contribution in [0.25, 0.3) is 0 Å². The molecule has 1 aliphatic rings. The van der Waals surface area contributed by atoms with Crippen LogP contribution in [0.4, 0.5) is 4.39 Å². The maximum absolute atomic E-state index is 13.7. The number of benzene rings is 1. The fraction of sp³-hybridized carbons (Fsp3) is 0.417. The Kier molecular flexibility index (Phi) is 3.57. The highest BCUT2D eigenvalue weighted by atomic mass is 35.7. The van der Waals surface area contributed by atoms with Crippen LogP contribution in [0.3, 0.4) is 0 Å². The highest BCUT2D eigenvalue weighted by Crippen LogP contribution is 2.44. The summed E-state index contributed by atoms with van der Waals surface area (Å²) in [5.41, 5.74) is -0.0701. The Labute approximate surface area is 115 Å². The lowest BCUT2D eigenvalue weighted by molar-refractivity contribution is 0.0942. The first-order valence-electron chi connectivity index (χ1n) is 5.74. The first kappa shape index (κ1) is 14.3. The molecule has 0 aliphatic heterocycles. The molecule has 0 bridgehead atoms. The Morgan fingerprint density at radius 1 is 1.47 bits per heavy atom. The van der Waals surface area contributed by atoms with Gasteiger partial charge in [0.15, 0.2) is 0 Å². The van der Waals surface area contributed by atoms with Crippen molar-refractivity contribution in [2.75, 3.05) is 6.54 Å². The van der Waals surface area contributed by atoms with Crippen molar-refractivity contribution in [1.29, 1.82) is 0 Å². The third kappa shape index (κ3) is 3.45. The van der Waals surface area contributed by atoms with Crippen LogP contribution in [0.5, 0.6) is 0 Å². The van der Waals surface area contributed by atoms with Gasteiger partial charge in [-0.15, -0.1) is 0 Å². The summed E-state index contributed by atoms with van der Waals surface area (Å²) in [6.45, 7) is 2.52. The minimum atomic E-state index is -3.99. The van der Waals surface area contributed by atoms with Crippen molar-refractivity contribution in [1.82, 2.24) is 5.32 Å². The Morgan fingerprint density at radius 3 is 2.58 bits per heavy atom. The second-order valence-electron chi connectivity index (χ2n) is 5.07. The third-order valence-corrected chi connectivity index (χ3v) is 4.60. The third-order valence-electron chi connectivity index (χ3n) is 3.25. The molecule has 1 saturated carbocycles. The van der Waals surface area contributed by atoms with Gasteiger partial charge in [-0.2, -0.15) is 0 Å². The van der Waals surface area contributed by atoms with Crippen molar-refractivity contribution in [2.45, 2.75) is 24.7 Å². The van der Waals surface area contributed by atoms with Crippen LogP contribution in [0.2, 0.25) is 0 Å². The van der Waals surface area contributed by atoms with Gasteiger partial charge in [0.25, 0.3) is 15.0 Å². The van der Waals surface area contributed by atoms with E-state index in [4.69, 9.17) is 10.7 Å². The van der Waals surface area contributed by atoms with Crippen LogP contribution in [-0.4, -0.2) is 20.9 Å². The second kappa shape index (κ2) is 4.76. The average molecular weight is 306 g/mol. The average Bonchev–Trinajstić information content (AvgIpc) is 3.03. The first-order chi connectivity index (χ1) is 8.71. The number of rotatable bonds is 4. The summed E-state index contributed by atoms with van der Waals surface area (Å²) >= 11 is 0. The zero-order valence-electron chi connectivity index (χ0n) is 10.2. The van der Waals surface area contributed by atoms with E-state index in [0.29, 0.717) is 6.54 Å². The summed E-state index contributed by atoms with van der Waals surface area (Å²) in [7, 11) is 1.10. The molecular weight excluding hydrogens is 293 g/mol. The molecule has 0 aromatic heterocycles. The van der Waals surface area contributed by atoms with E-state index in [1.165, 1.54) is 0 Å². The molecule has 1 aromatic rings. The summed E-state index contributed by atoms with van der Waals surface area (Å²) in [5, 5.41) is 2.64. The minimum absolute atomic E-state index is 0.117. The number of hydrogen-bond donors (Lipinski definition) is 1. The SMILES string of the molecule is CC1(CNC(=O)c2ccc(S(=O)(=O)Cl)cc2F)CC1. The summed E-state index contributed by atoms with van der Waals surface area (Å²) in [6, 6.07) is 2.98. The summed E-state index contributed by atoms with van der Waals surface area (Å²) in [4.78, 5) is 11.4. The number of halogens is 2. The van der Waals surface area contributed by atoms with E-state index in [2.05, 4.69) is 5.32 Å². The topological polar surface area (TPSA) is 63.2 Å². The quantitative estimate of drug-likeness (QED) is 0.868. The predicted octanol–water partition coefficient (Wildman–Crippen LogP) is 2.28. The summed E-state index contributed by atoms with van der Waals surface area (Å²) < 4.78 is 35.7. The molecule has 2 rings (SSSR count). The fourth-order valence-corrected chi connectivity index (χ4v) is 2.37. The van der Waals surface area contributed by atoms with Crippen molar-refractivity contribution in [2.24, 2.45) is 5.41 Å². The van der Waals surface area contributed by atoms with Crippen molar-refractivity contribution in [3.05, 3.63) is 29.6 Å². The molecule has 1 amide bonds. The number of carbonyl (C=O) groups excluding carboxylic acids is 1. The smallest absolute Gasteiger partial charge is 0.261 e. The normalized spacial score (nSPS) is 17.0. The maximum Gasteiger partial charge on any atom is 0.261 e. The Hall–Kier alpha value is -1.14. The molecular formula is C12H13ClFNO3S. The molecule has 1 aliphatic carbocycles. The van der Waals surface area contributed by atoms with Crippen molar-refractivity contribution in [3.8, 4) is 0 Å². The number of carbonyl (C=O) groups is 1. The van der Waals surface area contributed by atoms with E-state index in [0.717, 1.165) is 31.0 Å². The zero-order chi connectivity index (χ0) is 14.3. The van der Waals surface area contributed by atoms with E-state index in [9.17, 15) is 17.6 Å². The van der Waals surface area contributed by atoms with Crippen LogP contribution in [0.1, 0.15) is 30.1 Å². The molecule has 0 saturated heterocycles. The van der Waals surface area contributed by atoms with Crippen LogP contribution in [0.15, 0.2) is 23.1 Å². The van der Waals surface area contributed by atoms with Crippen LogP contribution >= 0.6 is 10.7 Å². The number of hydrogen-bond acceptors (Lipinski definition) is 3. The predicted molar refractivity (Wildman–Crippen MR) is 69.1 cm³/mol. The Balaban J connectivity index is 2.14. The van der Waals surface area contributed by atoms with Gasteiger partial charge in [-0.1, -0.05) is 6.92 Å². The first-order valence-corrected chi connectivity index (χ1v) is 8.05. The highest BCUT2D eigenvalue weighted by Gasteiger charge is 2.37. The molecule has 0 spiro atoms. The molecule has 0 radical (unpaired) electrons. The summed E-state index contributed by atoms with van der Waals surface area (Å²) in [6.07, 6.45) is 2.08. The number of amides is 1. The van der Waals surface area contributed by atoms with Crippen molar-refractivity contribution >= 4 is 25.6 Å². The van der Waals surface area contributed by atoms with E-state index in [1.807, 2.05) is 6.92 Å². The lowest BCUT2D eigenvalue weighted by atomic mass is 10.1. The molecule has 4 nitrogen and oxygen atoms in total.